The molecule has 1 aromatic carbocycles. The molecular weight excluding hydrogens is 338 g/mol. The second-order valence-electron chi connectivity index (χ2n) is 6.94. The first-order valence-corrected chi connectivity index (χ1v) is 9.03. The predicted molar refractivity (Wildman–Crippen MR) is 101 cm³/mol. The molecule has 2 aliphatic heterocycles. The van der Waals surface area contributed by atoms with E-state index in [-0.39, 0.29) is 36.3 Å². The maximum Gasteiger partial charge on any atom is 0.253 e. The van der Waals surface area contributed by atoms with Gasteiger partial charge in [0, 0.05) is 24.7 Å². The number of hydrogen-bond donors (Lipinski definition) is 2. The number of hydrogen-bond acceptors (Lipinski definition) is 3. The van der Waals surface area contributed by atoms with Crippen LogP contribution in [0.25, 0.3) is 0 Å². The molecule has 25 heavy (non-hydrogen) atoms. The van der Waals surface area contributed by atoms with E-state index in [1.165, 1.54) is 0 Å². The summed E-state index contributed by atoms with van der Waals surface area (Å²) in [5.41, 5.74) is 1.90. The van der Waals surface area contributed by atoms with E-state index in [2.05, 4.69) is 10.6 Å². The minimum atomic E-state index is -0.0361. The van der Waals surface area contributed by atoms with Gasteiger partial charge in [0.25, 0.3) is 5.91 Å². The molecule has 5 nitrogen and oxygen atoms in total. The highest BCUT2D eigenvalue weighted by Gasteiger charge is 2.27. The smallest absolute Gasteiger partial charge is 0.253 e. The summed E-state index contributed by atoms with van der Waals surface area (Å²) in [5.74, 6) is 0.215. The van der Waals surface area contributed by atoms with Crippen LogP contribution < -0.4 is 10.6 Å². The van der Waals surface area contributed by atoms with Gasteiger partial charge in [0.15, 0.2) is 0 Å². The summed E-state index contributed by atoms with van der Waals surface area (Å²) in [4.78, 5) is 26.7. The Balaban J connectivity index is 0.00000225. The Morgan fingerprint density at radius 1 is 1.08 bits per heavy atom. The summed E-state index contributed by atoms with van der Waals surface area (Å²) < 4.78 is 0. The third kappa shape index (κ3) is 5.19. The van der Waals surface area contributed by atoms with Gasteiger partial charge in [-0.3, -0.25) is 9.59 Å². The molecule has 3 rings (SSSR count). The Labute approximate surface area is 155 Å². The van der Waals surface area contributed by atoms with Crippen LogP contribution in [0.15, 0.2) is 24.3 Å². The highest BCUT2D eigenvalue weighted by molar-refractivity contribution is 5.94. The third-order valence-electron chi connectivity index (χ3n) is 5.05. The van der Waals surface area contributed by atoms with Crippen LogP contribution in [0.3, 0.4) is 0 Å². The van der Waals surface area contributed by atoms with Crippen molar-refractivity contribution in [2.45, 2.75) is 51.1 Å². The Morgan fingerprint density at radius 2 is 1.76 bits per heavy atom. The molecule has 0 radical (unpaired) electrons. The molecule has 2 N–H and O–H groups in total. The number of benzene rings is 1. The van der Waals surface area contributed by atoms with Crippen LogP contribution in [0, 0.1) is 6.92 Å². The first-order chi connectivity index (χ1) is 11.6. The molecule has 138 valence electrons. The quantitative estimate of drug-likeness (QED) is 0.863. The van der Waals surface area contributed by atoms with Crippen molar-refractivity contribution in [1.82, 2.24) is 15.5 Å². The summed E-state index contributed by atoms with van der Waals surface area (Å²) in [5, 5.41) is 6.44. The maximum absolute atomic E-state index is 12.5. The van der Waals surface area contributed by atoms with E-state index in [0.717, 1.165) is 49.8 Å². The van der Waals surface area contributed by atoms with Crippen molar-refractivity contribution in [3.05, 3.63) is 35.4 Å². The van der Waals surface area contributed by atoms with Gasteiger partial charge < -0.3 is 15.5 Å². The standard InChI is InChI=1S/C19H27N3O2.ClH/c1-14-5-7-15(8-6-14)19(24)22-12-9-16(10-13-22)21-18(23)17-4-2-3-11-20-17;/h5-8,16-17,20H,2-4,9-13H2,1H3,(H,21,23);1H. The molecule has 0 bridgehead atoms. The lowest BCUT2D eigenvalue weighted by atomic mass is 10.0. The van der Waals surface area contributed by atoms with Gasteiger partial charge in [0.05, 0.1) is 6.04 Å². The molecular formula is C19H28ClN3O2. The Kier molecular flexibility index (Phi) is 7.26. The molecule has 0 aromatic heterocycles. The largest absolute Gasteiger partial charge is 0.352 e. The lowest BCUT2D eigenvalue weighted by Crippen LogP contribution is -2.52. The number of piperidine rings is 2. The minimum Gasteiger partial charge on any atom is -0.352 e. The second kappa shape index (κ2) is 9.20. The SMILES string of the molecule is Cc1ccc(C(=O)N2CCC(NC(=O)C3CCCCN3)CC2)cc1.Cl. The van der Waals surface area contributed by atoms with Crippen LogP contribution in [0.1, 0.15) is 48.0 Å². The van der Waals surface area contributed by atoms with Crippen molar-refractivity contribution in [3.63, 3.8) is 0 Å². The summed E-state index contributed by atoms with van der Waals surface area (Å²) in [6, 6.07) is 7.87. The van der Waals surface area contributed by atoms with Crippen molar-refractivity contribution in [2.24, 2.45) is 0 Å². The van der Waals surface area contributed by atoms with Gasteiger partial charge in [-0.25, -0.2) is 0 Å². The Hall–Kier alpha value is -1.59. The molecule has 1 aromatic rings. The van der Waals surface area contributed by atoms with Gasteiger partial charge in [-0.05, 0) is 51.3 Å². The third-order valence-corrected chi connectivity index (χ3v) is 5.05. The molecule has 1 unspecified atom stereocenters. The highest BCUT2D eigenvalue weighted by atomic mass is 35.5. The average Bonchev–Trinajstić information content (AvgIpc) is 2.63. The lowest BCUT2D eigenvalue weighted by molar-refractivity contribution is -0.124. The molecule has 2 aliphatic rings. The van der Waals surface area contributed by atoms with Crippen LogP contribution in [-0.2, 0) is 4.79 Å². The normalized spacial score (nSPS) is 21.3. The summed E-state index contributed by atoms with van der Waals surface area (Å²) in [7, 11) is 0. The number of amides is 2. The fourth-order valence-corrected chi connectivity index (χ4v) is 3.48. The van der Waals surface area contributed by atoms with Gasteiger partial charge in [-0.2, -0.15) is 0 Å². The molecule has 2 saturated heterocycles. The molecule has 2 heterocycles. The molecule has 0 spiro atoms. The number of likely N-dealkylation sites (tertiary alicyclic amines) is 1. The molecule has 2 fully saturated rings. The van der Waals surface area contributed by atoms with Gasteiger partial charge >= 0.3 is 0 Å². The maximum atomic E-state index is 12.5. The number of nitrogens with zero attached hydrogens (tertiary/aromatic N) is 1. The van der Waals surface area contributed by atoms with Gasteiger partial charge in [0.1, 0.15) is 0 Å². The topological polar surface area (TPSA) is 61.4 Å². The van der Waals surface area contributed by atoms with Crippen LogP contribution in [-0.4, -0.2) is 48.4 Å². The fourth-order valence-electron chi connectivity index (χ4n) is 3.48. The van der Waals surface area contributed by atoms with E-state index >= 15 is 0 Å². The molecule has 2 amide bonds. The summed E-state index contributed by atoms with van der Waals surface area (Å²) in [6.07, 6.45) is 4.86. The van der Waals surface area contributed by atoms with Crippen LogP contribution in [0.5, 0.6) is 0 Å². The number of aryl methyl sites for hydroxylation is 1. The zero-order chi connectivity index (χ0) is 16.9. The molecule has 0 saturated carbocycles. The zero-order valence-electron chi connectivity index (χ0n) is 14.8. The van der Waals surface area contributed by atoms with Gasteiger partial charge in [0.2, 0.25) is 5.91 Å². The van der Waals surface area contributed by atoms with Crippen LogP contribution in [0.2, 0.25) is 0 Å². The van der Waals surface area contributed by atoms with Crippen molar-refractivity contribution in [2.75, 3.05) is 19.6 Å². The Morgan fingerprint density at radius 3 is 2.36 bits per heavy atom. The van der Waals surface area contributed by atoms with E-state index in [0.29, 0.717) is 13.1 Å². The van der Waals surface area contributed by atoms with Crippen molar-refractivity contribution in [1.29, 1.82) is 0 Å². The Bertz CT molecular complexity index is 577. The fraction of sp³-hybridized carbons (Fsp3) is 0.579. The first-order valence-electron chi connectivity index (χ1n) is 9.03. The minimum absolute atomic E-state index is 0. The van der Waals surface area contributed by atoms with Crippen molar-refractivity contribution >= 4 is 24.2 Å². The highest BCUT2D eigenvalue weighted by Crippen LogP contribution is 2.15. The first kappa shape index (κ1) is 19.7. The van der Waals surface area contributed by atoms with E-state index in [1.54, 1.807) is 0 Å². The number of carbonyl (C=O) groups is 2. The number of carbonyl (C=O) groups excluding carboxylic acids is 2. The average molecular weight is 366 g/mol. The summed E-state index contributed by atoms with van der Waals surface area (Å²) in [6.45, 7) is 4.36. The van der Waals surface area contributed by atoms with Crippen molar-refractivity contribution in [3.8, 4) is 0 Å². The number of nitrogens with one attached hydrogen (secondary N) is 2. The van der Waals surface area contributed by atoms with Crippen LogP contribution >= 0.6 is 12.4 Å². The predicted octanol–water partition coefficient (Wildman–Crippen LogP) is 2.28. The molecule has 6 heteroatoms. The summed E-state index contributed by atoms with van der Waals surface area (Å²) >= 11 is 0. The second-order valence-corrected chi connectivity index (χ2v) is 6.94. The van der Waals surface area contributed by atoms with Gasteiger partial charge in [-0.1, -0.05) is 24.1 Å². The van der Waals surface area contributed by atoms with Crippen molar-refractivity contribution < 1.29 is 9.59 Å². The number of halogens is 1. The van der Waals surface area contributed by atoms with E-state index < -0.39 is 0 Å². The van der Waals surface area contributed by atoms with E-state index in [1.807, 2.05) is 36.1 Å². The molecule has 0 aliphatic carbocycles. The zero-order valence-corrected chi connectivity index (χ0v) is 15.6. The van der Waals surface area contributed by atoms with Gasteiger partial charge in [-0.15, -0.1) is 12.4 Å². The monoisotopic (exact) mass is 365 g/mol. The lowest BCUT2D eigenvalue weighted by Gasteiger charge is -2.33. The molecule has 1 atom stereocenters. The van der Waals surface area contributed by atoms with E-state index in [9.17, 15) is 9.59 Å². The van der Waals surface area contributed by atoms with E-state index in [4.69, 9.17) is 0 Å². The number of rotatable bonds is 3. The van der Waals surface area contributed by atoms with Crippen LogP contribution in [0.4, 0.5) is 0 Å².